The van der Waals surface area contributed by atoms with Crippen LogP contribution < -0.4 is 0 Å². The van der Waals surface area contributed by atoms with Crippen molar-refractivity contribution in [2.75, 3.05) is 0 Å². The van der Waals surface area contributed by atoms with Gasteiger partial charge in [0.2, 0.25) is 5.91 Å². The van der Waals surface area contributed by atoms with Gasteiger partial charge < -0.3 is 0 Å². The van der Waals surface area contributed by atoms with Crippen molar-refractivity contribution in [3.8, 4) is 0 Å². The molecule has 0 N–H and O–H groups in total. The Hall–Kier alpha value is -0.960. The highest BCUT2D eigenvalue weighted by Crippen LogP contribution is 2.21. The van der Waals surface area contributed by atoms with Gasteiger partial charge in [-0.05, 0) is 11.6 Å². The molecule has 60 valence electrons. The summed E-state index contributed by atoms with van der Waals surface area (Å²) < 4.78 is 0.997. The van der Waals surface area contributed by atoms with E-state index in [0.717, 1.165) is 15.6 Å². The molecule has 0 unspecified atom stereocenters. The van der Waals surface area contributed by atoms with Gasteiger partial charge in [0, 0.05) is 16.3 Å². The molecule has 12 heavy (non-hydrogen) atoms. The smallest absolute Gasteiger partial charge is 0.250 e. The Labute approximate surface area is 78.4 Å². The number of halogens is 1. The van der Waals surface area contributed by atoms with E-state index >= 15 is 0 Å². The molecule has 1 aromatic rings. The van der Waals surface area contributed by atoms with Crippen molar-refractivity contribution in [3.05, 3.63) is 33.8 Å². The zero-order valence-electron chi connectivity index (χ0n) is 6.25. The molecule has 0 spiro atoms. The minimum absolute atomic E-state index is 0.0689. The average Bonchev–Trinajstić information content (AvgIpc) is 2.04. The van der Waals surface area contributed by atoms with Crippen LogP contribution in [0.1, 0.15) is 11.1 Å². The van der Waals surface area contributed by atoms with Gasteiger partial charge in [-0.15, -0.1) is 0 Å². The summed E-state index contributed by atoms with van der Waals surface area (Å²) in [6.07, 6.45) is 2.04. The molecule has 0 aliphatic carbocycles. The van der Waals surface area contributed by atoms with Gasteiger partial charge in [-0.2, -0.15) is 0 Å². The number of carbonyl (C=O) groups is 1. The van der Waals surface area contributed by atoms with Crippen LogP contribution in [0.3, 0.4) is 0 Å². The predicted molar refractivity (Wildman–Crippen MR) is 50.4 cm³/mol. The summed E-state index contributed by atoms with van der Waals surface area (Å²) in [7, 11) is 0. The van der Waals surface area contributed by atoms with Crippen LogP contribution >= 0.6 is 15.9 Å². The lowest BCUT2D eigenvalue weighted by atomic mass is 10.0. The predicted octanol–water partition coefficient (Wildman–Crippen LogP) is 1.95. The zero-order chi connectivity index (χ0) is 8.55. The van der Waals surface area contributed by atoms with Crippen LogP contribution in [0, 0.1) is 0 Å². The lowest BCUT2D eigenvalue weighted by molar-refractivity contribution is -0.117. The van der Waals surface area contributed by atoms with E-state index in [-0.39, 0.29) is 5.91 Å². The quantitative estimate of drug-likeness (QED) is 0.662. The molecule has 3 heteroatoms. The van der Waals surface area contributed by atoms with Crippen LogP contribution in [0.2, 0.25) is 0 Å². The topological polar surface area (TPSA) is 29.4 Å². The Morgan fingerprint density at radius 3 is 3.08 bits per heavy atom. The second-order valence-corrected chi connectivity index (χ2v) is 3.50. The lowest BCUT2D eigenvalue weighted by Gasteiger charge is -2.09. The second-order valence-electron chi connectivity index (χ2n) is 2.64. The van der Waals surface area contributed by atoms with E-state index in [1.807, 2.05) is 18.2 Å². The molecule has 0 aromatic heterocycles. The van der Waals surface area contributed by atoms with Crippen molar-refractivity contribution in [1.82, 2.24) is 0 Å². The fraction of sp³-hybridized carbons (Fsp3) is 0.111. The number of benzene rings is 1. The molecular formula is C9H6BrNO. The molecule has 2 rings (SSSR count). The molecule has 1 amide bonds. The number of carbonyl (C=O) groups excluding carboxylic acids is 1. The Morgan fingerprint density at radius 2 is 2.25 bits per heavy atom. The minimum Gasteiger partial charge on any atom is -0.272 e. The maximum Gasteiger partial charge on any atom is 0.250 e. The van der Waals surface area contributed by atoms with Gasteiger partial charge >= 0.3 is 0 Å². The van der Waals surface area contributed by atoms with E-state index in [0.29, 0.717) is 6.42 Å². The van der Waals surface area contributed by atoms with E-state index in [1.165, 1.54) is 0 Å². The highest BCUT2D eigenvalue weighted by molar-refractivity contribution is 9.10. The van der Waals surface area contributed by atoms with Crippen LogP contribution in [0.15, 0.2) is 27.7 Å². The Bertz CT molecular complexity index is 371. The summed E-state index contributed by atoms with van der Waals surface area (Å²) in [5.41, 5.74) is 2.07. The van der Waals surface area contributed by atoms with Crippen molar-refractivity contribution in [2.45, 2.75) is 6.42 Å². The first kappa shape index (κ1) is 7.68. The zero-order valence-corrected chi connectivity index (χ0v) is 7.84. The van der Waals surface area contributed by atoms with Gasteiger partial charge in [0.25, 0.3) is 0 Å². The first-order valence-electron chi connectivity index (χ1n) is 3.61. The summed E-state index contributed by atoms with van der Waals surface area (Å²) in [5.74, 6) is -0.0689. The molecule has 1 heterocycles. The third-order valence-electron chi connectivity index (χ3n) is 1.82. The van der Waals surface area contributed by atoms with Gasteiger partial charge in [-0.25, -0.2) is 4.99 Å². The Balaban J connectivity index is 2.60. The highest BCUT2D eigenvalue weighted by atomic mass is 79.9. The van der Waals surface area contributed by atoms with Crippen molar-refractivity contribution in [2.24, 2.45) is 4.99 Å². The number of aliphatic imine (C=N–C) groups is 1. The SMILES string of the molecule is O=C1Cc2cccc(Br)c2C=N1. The molecule has 0 saturated heterocycles. The first-order valence-corrected chi connectivity index (χ1v) is 4.41. The Morgan fingerprint density at radius 1 is 1.42 bits per heavy atom. The molecule has 0 atom stereocenters. The van der Waals surface area contributed by atoms with E-state index in [1.54, 1.807) is 6.21 Å². The van der Waals surface area contributed by atoms with Crippen LogP contribution in [0.25, 0.3) is 0 Å². The third kappa shape index (κ3) is 1.20. The van der Waals surface area contributed by atoms with E-state index in [2.05, 4.69) is 20.9 Å². The second kappa shape index (κ2) is 2.83. The summed E-state index contributed by atoms with van der Waals surface area (Å²) in [5, 5.41) is 0. The van der Waals surface area contributed by atoms with Crippen molar-refractivity contribution in [1.29, 1.82) is 0 Å². The maximum atomic E-state index is 10.9. The number of fused-ring (bicyclic) bond motifs is 1. The molecular weight excluding hydrogens is 218 g/mol. The average molecular weight is 224 g/mol. The molecule has 0 bridgehead atoms. The van der Waals surface area contributed by atoms with E-state index < -0.39 is 0 Å². The van der Waals surface area contributed by atoms with Gasteiger partial charge in [-0.3, -0.25) is 4.79 Å². The van der Waals surface area contributed by atoms with Crippen molar-refractivity contribution in [3.63, 3.8) is 0 Å². The van der Waals surface area contributed by atoms with Crippen LogP contribution in [-0.2, 0) is 11.2 Å². The molecule has 1 aliphatic heterocycles. The maximum absolute atomic E-state index is 10.9. The molecule has 0 radical (unpaired) electrons. The number of amides is 1. The number of rotatable bonds is 0. The van der Waals surface area contributed by atoms with Gasteiger partial charge in [-0.1, -0.05) is 28.1 Å². The third-order valence-corrected chi connectivity index (χ3v) is 2.51. The van der Waals surface area contributed by atoms with Crippen LogP contribution in [-0.4, -0.2) is 12.1 Å². The van der Waals surface area contributed by atoms with Crippen molar-refractivity contribution < 1.29 is 4.79 Å². The summed E-state index contributed by atoms with van der Waals surface area (Å²) >= 11 is 3.40. The number of hydrogen-bond donors (Lipinski definition) is 0. The molecule has 2 nitrogen and oxygen atoms in total. The van der Waals surface area contributed by atoms with Crippen LogP contribution in [0.5, 0.6) is 0 Å². The van der Waals surface area contributed by atoms with Crippen molar-refractivity contribution >= 4 is 28.1 Å². The Kier molecular flexibility index (Phi) is 1.81. The molecule has 1 aliphatic rings. The largest absolute Gasteiger partial charge is 0.272 e. The van der Waals surface area contributed by atoms with E-state index in [9.17, 15) is 4.79 Å². The first-order chi connectivity index (χ1) is 5.77. The number of hydrogen-bond acceptors (Lipinski definition) is 1. The van der Waals surface area contributed by atoms with Gasteiger partial charge in [0.15, 0.2) is 0 Å². The molecule has 1 aromatic carbocycles. The van der Waals surface area contributed by atoms with Gasteiger partial charge in [0.1, 0.15) is 0 Å². The summed E-state index contributed by atoms with van der Waals surface area (Å²) in [6, 6.07) is 5.82. The number of nitrogens with zero attached hydrogens (tertiary/aromatic N) is 1. The molecule has 0 fully saturated rings. The normalized spacial score (nSPS) is 14.6. The highest BCUT2D eigenvalue weighted by Gasteiger charge is 2.12. The fourth-order valence-electron chi connectivity index (χ4n) is 1.23. The van der Waals surface area contributed by atoms with E-state index in [4.69, 9.17) is 0 Å². The van der Waals surface area contributed by atoms with Crippen LogP contribution in [0.4, 0.5) is 0 Å². The van der Waals surface area contributed by atoms with Gasteiger partial charge in [0.05, 0.1) is 6.42 Å². The summed E-state index contributed by atoms with van der Waals surface area (Å²) in [4.78, 5) is 14.7. The lowest BCUT2D eigenvalue weighted by Crippen LogP contribution is -2.08. The summed E-state index contributed by atoms with van der Waals surface area (Å²) in [6.45, 7) is 0. The molecule has 0 saturated carbocycles. The fourth-order valence-corrected chi connectivity index (χ4v) is 1.74. The minimum atomic E-state index is -0.0689. The standard InChI is InChI=1S/C9H6BrNO/c10-8-3-1-2-6-4-9(12)11-5-7(6)8/h1-3,5H,4H2. The monoisotopic (exact) mass is 223 g/mol.